The number of phosphoric acid groups is 1. The van der Waals surface area contributed by atoms with Gasteiger partial charge in [-0.15, -0.1) is 0 Å². The summed E-state index contributed by atoms with van der Waals surface area (Å²) in [7, 11) is 1.55. The summed E-state index contributed by atoms with van der Waals surface area (Å²) >= 11 is 0. The second kappa shape index (κ2) is 58.3. The number of carbonyl (C=O) groups is 1. The number of nitrogens with one attached hydrogen (secondary N) is 1. The minimum atomic E-state index is -4.36. The summed E-state index contributed by atoms with van der Waals surface area (Å²) < 4.78 is 23.7. The van der Waals surface area contributed by atoms with Crippen LogP contribution in [0.4, 0.5) is 0 Å². The Bertz CT molecular complexity index is 1730. The van der Waals surface area contributed by atoms with Gasteiger partial charge in [0.15, 0.2) is 0 Å². The second-order valence-corrected chi connectivity index (χ2v) is 23.5. The van der Waals surface area contributed by atoms with Crippen molar-refractivity contribution in [3.05, 3.63) is 134 Å². The molecule has 0 fully saturated rings. The minimum Gasteiger partial charge on any atom is -0.387 e. The normalized spacial score (nSPS) is 14.7. The Morgan fingerprint density at radius 2 is 0.769 bits per heavy atom. The Kier molecular flexibility index (Phi) is 55.8. The van der Waals surface area contributed by atoms with E-state index in [0.29, 0.717) is 17.4 Å². The van der Waals surface area contributed by atoms with Crippen LogP contribution < -0.4 is 5.32 Å². The van der Waals surface area contributed by atoms with Crippen molar-refractivity contribution >= 4 is 13.7 Å². The molecule has 0 bridgehead atoms. The minimum absolute atomic E-state index is 0.0537. The molecule has 0 saturated carbocycles. The summed E-state index contributed by atoms with van der Waals surface area (Å²) in [5, 5.41) is 13.9. The molecular weight excluding hydrogens is 984 g/mol. The molecule has 446 valence electrons. The number of carbonyl (C=O) groups excluding carboxylic acids is 1. The lowest BCUT2D eigenvalue weighted by atomic mass is 10.0. The fourth-order valence-electron chi connectivity index (χ4n) is 8.48. The van der Waals surface area contributed by atoms with Gasteiger partial charge in [-0.1, -0.05) is 276 Å². The zero-order chi connectivity index (χ0) is 57.0. The van der Waals surface area contributed by atoms with E-state index in [1.54, 1.807) is 6.08 Å². The van der Waals surface area contributed by atoms with Crippen molar-refractivity contribution in [1.82, 2.24) is 5.32 Å². The molecule has 0 aromatic carbocycles. The highest BCUT2D eigenvalue weighted by Gasteiger charge is 2.27. The SMILES string of the molecule is CC/C=C\C/C=C\C/C=C\C/C=C\C/C=C\C/C=C\C/C=C\C/C=C\C/C=C\C/C=C\CCCCCCCCCCC(=O)NC(COP(=O)(O)OCC[N+](C)(C)C)C(O)/C=C/CCCCCCCCCCCCCCCCC. The molecule has 0 spiro atoms. The number of phosphoric ester groups is 1. The topological polar surface area (TPSA) is 105 Å². The molecule has 8 nitrogen and oxygen atoms in total. The number of allylic oxidation sites excluding steroid dienone is 21. The summed E-state index contributed by atoms with van der Waals surface area (Å²) in [6.45, 7) is 4.69. The fourth-order valence-corrected chi connectivity index (χ4v) is 9.22. The van der Waals surface area contributed by atoms with Gasteiger partial charge in [0.2, 0.25) is 5.91 Å². The highest BCUT2D eigenvalue weighted by atomic mass is 31.2. The lowest BCUT2D eigenvalue weighted by Crippen LogP contribution is -2.45. The van der Waals surface area contributed by atoms with Crippen molar-refractivity contribution in [2.45, 2.75) is 257 Å². The van der Waals surface area contributed by atoms with Crippen LogP contribution in [0.15, 0.2) is 134 Å². The molecule has 1 amide bonds. The maximum atomic E-state index is 13.0. The molecule has 3 N–H and O–H groups in total. The van der Waals surface area contributed by atoms with Crippen molar-refractivity contribution in [1.29, 1.82) is 0 Å². The maximum absolute atomic E-state index is 13.0. The molecule has 0 aliphatic heterocycles. The van der Waals surface area contributed by atoms with Crippen molar-refractivity contribution in [2.75, 3.05) is 40.9 Å². The van der Waals surface area contributed by atoms with E-state index in [1.807, 2.05) is 27.2 Å². The van der Waals surface area contributed by atoms with Gasteiger partial charge in [0.05, 0.1) is 39.9 Å². The Balaban J connectivity index is 4.16. The number of quaternary nitrogens is 1. The monoisotopic (exact) mass is 1100 g/mol. The fraction of sp³-hybridized carbons (Fsp3) is 0.667. The third-order valence-electron chi connectivity index (χ3n) is 13.4. The summed E-state index contributed by atoms with van der Waals surface area (Å²) in [4.78, 5) is 23.3. The van der Waals surface area contributed by atoms with Crippen LogP contribution in [0, 0.1) is 0 Å². The van der Waals surface area contributed by atoms with E-state index in [1.165, 1.54) is 109 Å². The highest BCUT2D eigenvalue weighted by molar-refractivity contribution is 7.47. The smallest absolute Gasteiger partial charge is 0.387 e. The Hall–Kier alpha value is -3.36. The molecule has 0 radical (unpaired) electrons. The van der Waals surface area contributed by atoms with Crippen molar-refractivity contribution in [3.8, 4) is 0 Å². The van der Waals surface area contributed by atoms with Crippen molar-refractivity contribution in [3.63, 3.8) is 0 Å². The van der Waals surface area contributed by atoms with E-state index in [9.17, 15) is 19.4 Å². The van der Waals surface area contributed by atoms with Crippen molar-refractivity contribution < 1.29 is 32.9 Å². The number of amides is 1. The molecule has 0 aliphatic rings. The zero-order valence-electron chi connectivity index (χ0n) is 50.9. The lowest BCUT2D eigenvalue weighted by molar-refractivity contribution is -0.870. The standard InChI is InChI=1S/C69H119N2O6P/c1-6-8-10-12-14-16-18-20-22-24-25-26-27-28-29-30-31-32-33-34-35-36-37-38-39-40-41-42-43-44-45-47-49-51-53-55-57-59-61-63-69(73)70-67(66-77-78(74,75)76-65-64-71(3,4)5)68(72)62-60-58-56-54-52-50-48-46-23-21-19-17-15-13-11-9-7-2/h8,10,14,16,20,22,25-26,28-29,31-32,34-35,37-38,40-41,43-44,60,62,67-68,72H,6-7,9,11-13,15,17-19,21,23-24,27,30,33,36,39,42,45-59,61,63-66H2,1-5H3,(H-,70,73,74,75)/p+1/b10-8-,16-14-,22-20-,26-25-,29-28-,32-31-,35-34-,38-37-,41-40-,44-43-,62-60+. The van der Waals surface area contributed by atoms with Gasteiger partial charge in [0, 0.05) is 6.42 Å². The maximum Gasteiger partial charge on any atom is 0.472 e. The lowest BCUT2D eigenvalue weighted by Gasteiger charge is -2.25. The molecule has 0 rings (SSSR count). The molecule has 3 unspecified atom stereocenters. The first-order valence-electron chi connectivity index (χ1n) is 31.6. The van der Waals surface area contributed by atoms with Gasteiger partial charge in [0.25, 0.3) is 0 Å². The molecule has 3 atom stereocenters. The Morgan fingerprint density at radius 3 is 1.13 bits per heavy atom. The quantitative estimate of drug-likeness (QED) is 0.0243. The van der Waals surface area contributed by atoms with Crippen LogP contribution in [0.2, 0.25) is 0 Å². The number of nitrogens with zero attached hydrogens (tertiary/aromatic N) is 1. The van der Waals surface area contributed by atoms with Crippen LogP contribution in [-0.4, -0.2) is 73.4 Å². The molecule has 0 aliphatic carbocycles. The van der Waals surface area contributed by atoms with Gasteiger partial charge in [-0.25, -0.2) is 4.57 Å². The number of likely N-dealkylation sites (N-methyl/N-ethyl adjacent to an activating group) is 1. The summed E-state index contributed by atoms with van der Waals surface area (Å²) in [6, 6.07) is -0.860. The average Bonchev–Trinajstić information content (AvgIpc) is 3.40. The average molecular weight is 1100 g/mol. The van der Waals surface area contributed by atoms with Crippen LogP contribution in [-0.2, 0) is 18.4 Å². The van der Waals surface area contributed by atoms with Crippen LogP contribution in [0.5, 0.6) is 0 Å². The van der Waals surface area contributed by atoms with E-state index in [2.05, 4.69) is 141 Å². The van der Waals surface area contributed by atoms with Crippen LogP contribution >= 0.6 is 7.82 Å². The van der Waals surface area contributed by atoms with E-state index in [4.69, 9.17) is 9.05 Å². The number of aliphatic hydroxyl groups is 1. The molecule has 0 aromatic rings. The van der Waals surface area contributed by atoms with Gasteiger partial charge in [-0.3, -0.25) is 13.8 Å². The molecule has 78 heavy (non-hydrogen) atoms. The van der Waals surface area contributed by atoms with Gasteiger partial charge >= 0.3 is 7.82 Å². The summed E-state index contributed by atoms with van der Waals surface area (Å²) in [6.07, 6.45) is 88.5. The number of aliphatic hydroxyl groups excluding tert-OH is 1. The number of rotatable bonds is 56. The molecule has 0 aromatic heterocycles. The van der Waals surface area contributed by atoms with Gasteiger partial charge < -0.3 is 19.8 Å². The molecule has 9 heteroatoms. The molecular formula is C69H120N2O6P+. The van der Waals surface area contributed by atoms with E-state index < -0.39 is 20.0 Å². The first-order chi connectivity index (χ1) is 38.0. The third-order valence-corrected chi connectivity index (χ3v) is 14.4. The number of unbranched alkanes of at least 4 members (excludes halogenated alkanes) is 23. The molecule has 0 saturated heterocycles. The number of hydrogen-bond acceptors (Lipinski definition) is 5. The predicted molar refractivity (Wildman–Crippen MR) is 341 cm³/mol. The highest BCUT2D eigenvalue weighted by Crippen LogP contribution is 2.43. The van der Waals surface area contributed by atoms with E-state index >= 15 is 0 Å². The summed E-state index contributed by atoms with van der Waals surface area (Å²) in [5.41, 5.74) is 0. The first kappa shape index (κ1) is 74.6. The predicted octanol–water partition coefficient (Wildman–Crippen LogP) is 19.9. The van der Waals surface area contributed by atoms with Gasteiger partial charge in [-0.2, -0.15) is 0 Å². The van der Waals surface area contributed by atoms with Crippen molar-refractivity contribution in [2.24, 2.45) is 0 Å². The summed E-state index contributed by atoms with van der Waals surface area (Å²) in [5.74, 6) is -0.190. The van der Waals surface area contributed by atoms with E-state index in [0.717, 1.165) is 116 Å². The zero-order valence-corrected chi connectivity index (χ0v) is 51.7. The number of hydrogen-bond donors (Lipinski definition) is 3. The second-order valence-electron chi connectivity index (χ2n) is 22.1. The largest absolute Gasteiger partial charge is 0.472 e. The van der Waals surface area contributed by atoms with Gasteiger partial charge in [-0.05, 0) is 96.3 Å². The van der Waals surface area contributed by atoms with Crippen LogP contribution in [0.3, 0.4) is 0 Å². The third kappa shape index (κ3) is 60.3. The van der Waals surface area contributed by atoms with Crippen LogP contribution in [0.25, 0.3) is 0 Å². The van der Waals surface area contributed by atoms with Gasteiger partial charge in [0.1, 0.15) is 13.2 Å². The first-order valence-corrected chi connectivity index (χ1v) is 33.1. The Morgan fingerprint density at radius 1 is 0.449 bits per heavy atom. The van der Waals surface area contributed by atoms with Crippen LogP contribution in [0.1, 0.15) is 245 Å². The Labute approximate surface area is 481 Å². The molecule has 0 heterocycles. The van der Waals surface area contributed by atoms with E-state index in [-0.39, 0.29) is 19.1 Å².